The van der Waals surface area contributed by atoms with Crippen LogP contribution < -0.4 is 15.4 Å². The van der Waals surface area contributed by atoms with E-state index in [1.165, 1.54) is 0 Å². The first-order valence-corrected chi connectivity index (χ1v) is 7.38. The predicted molar refractivity (Wildman–Crippen MR) is 84.7 cm³/mol. The van der Waals surface area contributed by atoms with E-state index in [0.29, 0.717) is 17.9 Å². The Morgan fingerprint density at radius 1 is 1.24 bits per heavy atom. The number of benzene rings is 1. The first-order chi connectivity index (χ1) is 9.93. The predicted octanol–water partition coefficient (Wildman–Crippen LogP) is 3.00. The third-order valence-electron chi connectivity index (χ3n) is 3.06. The van der Waals surface area contributed by atoms with Crippen LogP contribution in [0.15, 0.2) is 24.3 Å². The SMILES string of the molecule is CC(C)Oc1ccccc1NC(=O)NC(CCO)C(C)C. The van der Waals surface area contributed by atoms with Crippen molar-refractivity contribution in [2.45, 2.75) is 46.3 Å². The minimum absolute atomic E-state index is 0.0359. The van der Waals surface area contributed by atoms with E-state index in [-0.39, 0.29) is 30.7 Å². The van der Waals surface area contributed by atoms with Crippen LogP contribution in [-0.4, -0.2) is 29.9 Å². The maximum absolute atomic E-state index is 12.1. The minimum Gasteiger partial charge on any atom is -0.489 e. The summed E-state index contributed by atoms with van der Waals surface area (Å²) >= 11 is 0. The van der Waals surface area contributed by atoms with Crippen LogP contribution in [0.1, 0.15) is 34.1 Å². The van der Waals surface area contributed by atoms with Gasteiger partial charge >= 0.3 is 6.03 Å². The van der Waals surface area contributed by atoms with E-state index in [1.54, 1.807) is 6.07 Å². The molecule has 0 fully saturated rings. The topological polar surface area (TPSA) is 70.6 Å². The Balaban J connectivity index is 2.70. The number of hydrogen-bond acceptors (Lipinski definition) is 3. The number of para-hydroxylation sites is 2. The summed E-state index contributed by atoms with van der Waals surface area (Å²) in [6.07, 6.45) is 0.573. The molecule has 1 unspecified atom stereocenters. The van der Waals surface area contributed by atoms with Crippen molar-refractivity contribution in [1.82, 2.24) is 5.32 Å². The lowest BCUT2D eigenvalue weighted by Crippen LogP contribution is -2.41. The lowest BCUT2D eigenvalue weighted by molar-refractivity contribution is 0.226. The molecule has 0 bridgehead atoms. The zero-order valence-corrected chi connectivity index (χ0v) is 13.2. The summed E-state index contributed by atoms with van der Waals surface area (Å²) in [5.41, 5.74) is 0.634. The van der Waals surface area contributed by atoms with Crippen molar-refractivity contribution < 1.29 is 14.6 Å². The number of carbonyl (C=O) groups excluding carboxylic acids is 1. The standard InChI is InChI=1S/C16H26N2O3/c1-11(2)13(9-10-19)17-16(20)18-14-7-5-6-8-15(14)21-12(3)4/h5-8,11-13,19H,9-10H2,1-4H3,(H2,17,18,20). The highest BCUT2D eigenvalue weighted by atomic mass is 16.5. The molecule has 118 valence electrons. The second-order valence-electron chi connectivity index (χ2n) is 5.62. The van der Waals surface area contributed by atoms with Crippen LogP contribution in [0, 0.1) is 5.92 Å². The van der Waals surface area contributed by atoms with E-state index in [4.69, 9.17) is 9.84 Å². The summed E-state index contributed by atoms with van der Waals surface area (Å²) < 4.78 is 5.66. The molecule has 5 nitrogen and oxygen atoms in total. The van der Waals surface area contributed by atoms with E-state index in [9.17, 15) is 4.79 Å². The van der Waals surface area contributed by atoms with Crippen molar-refractivity contribution in [1.29, 1.82) is 0 Å². The molecule has 5 heteroatoms. The molecule has 0 aromatic heterocycles. The van der Waals surface area contributed by atoms with Crippen LogP contribution >= 0.6 is 0 Å². The monoisotopic (exact) mass is 294 g/mol. The fraction of sp³-hybridized carbons (Fsp3) is 0.562. The van der Waals surface area contributed by atoms with E-state index < -0.39 is 0 Å². The van der Waals surface area contributed by atoms with Gasteiger partial charge in [-0.1, -0.05) is 26.0 Å². The number of ether oxygens (including phenoxy) is 1. The molecule has 1 atom stereocenters. The Labute approximate surface area is 126 Å². The van der Waals surface area contributed by atoms with Crippen molar-refractivity contribution in [3.05, 3.63) is 24.3 Å². The lowest BCUT2D eigenvalue weighted by atomic mass is 10.0. The second-order valence-corrected chi connectivity index (χ2v) is 5.62. The Morgan fingerprint density at radius 3 is 2.48 bits per heavy atom. The molecular weight excluding hydrogens is 268 g/mol. The number of aliphatic hydroxyl groups excluding tert-OH is 1. The normalized spacial score (nSPS) is 12.3. The fourth-order valence-electron chi connectivity index (χ4n) is 1.96. The highest BCUT2D eigenvalue weighted by molar-refractivity contribution is 5.91. The number of rotatable bonds is 7. The van der Waals surface area contributed by atoms with Crippen molar-refractivity contribution in [3.63, 3.8) is 0 Å². The third kappa shape index (κ3) is 6.04. The maximum atomic E-state index is 12.1. The molecule has 0 spiro atoms. The van der Waals surface area contributed by atoms with Gasteiger partial charge in [0.25, 0.3) is 0 Å². The number of nitrogens with one attached hydrogen (secondary N) is 2. The largest absolute Gasteiger partial charge is 0.489 e. The number of carbonyl (C=O) groups is 1. The van der Waals surface area contributed by atoms with Crippen molar-refractivity contribution in [2.75, 3.05) is 11.9 Å². The summed E-state index contributed by atoms with van der Waals surface area (Å²) in [4.78, 5) is 12.1. The van der Waals surface area contributed by atoms with Crippen molar-refractivity contribution in [3.8, 4) is 5.75 Å². The Morgan fingerprint density at radius 2 is 1.90 bits per heavy atom. The fourth-order valence-corrected chi connectivity index (χ4v) is 1.96. The molecule has 1 rings (SSSR count). The first kappa shape index (κ1) is 17.3. The molecule has 21 heavy (non-hydrogen) atoms. The van der Waals surface area contributed by atoms with E-state index in [1.807, 2.05) is 45.9 Å². The minimum atomic E-state index is -0.290. The number of aliphatic hydroxyl groups is 1. The smallest absolute Gasteiger partial charge is 0.319 e. The molecular formula is C16H26N2O3. The van der Waals surface area contributed by atoms with E-state index >= 15 is 0 Å². The second kappa shape index (κ2) is 8.52. The third-order valence-corrected chi connectivity index (χ3v) is 3.06. The van der Waals surface area contributed by atoms with Gasteiger partial charge in [-0.05, 0) is 38.3 Å². The summed E-state index contributed by atoms with van der Waals surface area (Å²) in [5.74, 6) is 0.899. The van der Waals surface area contributed by atoms with Gasteiger partial charge in [-0.25, -0.2) is 4.79 Å². The van der Waals surface area contributed by atoms with Crippen LogP contribution in [0.4, 0.5) is 10.5 Å². The molecule has 1 aromatic carbocycles. The van der Waals surface area contributed by atoms with Gasteiger partial charge in [-0.3, -0.25) is 0 Å². The van der Waals surface area contributed by atoms with Crippen LogP contribution in [0.5, 0.6) is 5.75 Å². The van der Waals surface area contributed by atoms with Crippen molar-refractivity contribution >= 4 is 11.7 Å². The molecule has 0 saturated heterocycles. The first-order valence-electron chi connectivity index (χ1n) is 7.38. The number of hydrogen-bond donors (Lipinski definition) is 3. The Hall–Kier alpha value is -1.75. The van der Waals surface area contributed by atoms with Gasteiger partial charge in [-0.2, -0.15) is 0 Å². The van der Waals surface area contributed by atoms with Gasteiger partial charge in [0.05, 0.1) is 11.8 Å². The highest BCUT2D eigenvalue weighted by Gasteiger charge is 2.16. The maximum Gasteiger partial charge on any atom is 0.319 e. The summed E-state index contributed by atoms with van der Waals surface area (Å²) in [6.45, 7) is 7.95. The van der Waals surface area contributed by atoms with Gasteiger partial charge in [0, 0.05) is 12.6 Å². The quantitative estimate of drug-likeness (QED) is 0.724. The molecule has 0 aliphatic rings. The number of anilines is 1. The summed E-state index contributed by atoms with van der Waals surface area (Å²) in [5, 5.41) is 14.7. The summed E-state index contributed by atoms with van der Waals surface area (Å²) in [6, 6.07) is 6.98. The molecule has 1 aromatic rings. The van der Waals surface area contributed by atoms with Crippen LogP contribution in [0.25, 0.3) is 0 Å². The van der Waals surface area contributed by atoms with Crippen LogP contribution in [-0.2, 0) is 0 Å². The van der Waals surface area contributed by atoms with Gasteiger partial charge in [-0.15, -0.1) is 0 Å². The molecule has 0 heterocycles. The number of urea groups is 1. The molecule has 0 radical (unpaired) electrons. The zero-order chi connectivity index (χ0) is 15.8. The van der Waals surface area contributed by atoms with Gasteiger partial charge < -0.3 is 20.5 Å². The molecule has 0 aliphatic heterocycles. The van der Waals surface area contributed by atoms with Gasteiger partial charge in [0.2, 0.25) is 0 Å². The Bertz CT molecular complexity index is 447. The van der Waals surface area contributed by atoms with E-state index in [2.05, 4.69) is 10.6 Å². The summed E-state index contributed by atoms with van der Waals surface area (Å²) in [7, 11) is 0. The average molecular weight is 294 g/mol. The number of amides is 2. The van der Waals surface area contributed by atoms with Crippen LogP contribution in [0.2, 0.25) is 0 Å². The molecule has 3 N–H and O–H groups in total. The van der Waals surface area contributed by atoms with E-state index in [0.717, 1.165) is 0 Å². The zero-order valence-electron chi connectivity index (χ0n) is 13.2. The van der Waals surface area contributed by atoms with Crippen molar-refractivity contribution in [2.24, 2.45) is 5.92 Å². The average Bonchev–Trinajstić information content (AvgIpc) is 2.39. The van der Waals surface area contributed by atoms with Crippen LogP contribution in [0.3, 0.4) is 0 Å². The lowest BCUT2D eigenvalue weighted by Gasteiger charge is -2.22. The van der Waals surface area contributed by atoms with Gasteiger partial charge in [0.1, 0.15) is 5.75 Å². The molecule has 0 aliphatic carbocycles. The Kier molecular flexibility index (Phi) is 7.02. The molecule has 0 saturated carbocycles. The van der Waals surface area contributed by atoms with Gasteiger partial charge in [0.15, 0.2) is 0 Å². The molecule has 2 amide bonds. The highest BCUT2D eigenvalue weighted by Crippen LogP contribution is 2.24.